The van der Waals surface area contributed by atoms with E-state index in [9.17, 15) is 17.6 Å². The number of carboxylic acid groups (broad SMARTS) is 1. The molecule has 0 aliphatic rings. The number of halogens is 1. The van der Waals surface area contributed by atoms with E-state index in [0.29, 0.717) is 0 Å². The first-order valence-electron chi connectivity index (χ1n) is 4.53. The summed E-state index contributed by atoms with van der Waals surface area (Å²) in [5.41, 5.74) is -0.132. The molecular weight excluding hydrogens is 235 g/mol. The minimum Gasteiger partial charge on any atom is -0.478 e. The van der Waals surface area contributed by atoms with Gasteiger partial charge >= 0.3 is 5.97 Å². The van der Waals surface area contributed by atoms with Gasteiger partial charge in [-0.1, -0.05) is 6.07 Å². The van der Waals surface area contributed by atoms with Crippen molar-refractivity contribution in [3.63, 3.8) is 0 Å². The number of sulfone groups is 1. The molecule has 16 heavy (non-hydrogen) atoms. The Morgan fingerprint density at radius 1 is 1.50 bits per heavy atom. The molecule has 1 aromatic carbocycles. The molecule has 1 aromatic rings. The van der Waals surface area contributed by atoms with E-state index in [2.05, 4.69) is 0 Å². The zero-order valence-electron chi connectivity index (χ0n) is 8.55. The van der Waals surface area contributed by atoms with Crippen molar-refractivity contribution in [2.75, 3.05) is 5.75 Å². The quantitative estimate of drug-likeness (QED) is 0.874. The summed E-state index contributed by atoms with van der Waals surface area (Å²) in [4.78, 5) is 10.5. The molecular formula is C10H11FO4S. The van der Waals surface area contributed by atoms with Crippen LogP contribution in [-0.4, -0.2) is 31.4 Å². The van der Waals surface area contributed by atoms with Crippen molar-refractivity contribution in [1.29, 1.82) is 0 Å². The van der Waals surface area contributed by atoms with Gasteiger partial charge in [-0.25, -0.2) is 17.6 Å². The number of benzene rings is 1. The summed E-state index contributed by atoms with van der Waals surface area (Å²) in [6, 6.07) is 4.88. The average Bonchev–Trinajstić information content (AvgIpc) is 2.16. The average molecular weight is 246 g/mol. The molecule has 0 radical (unpaired) electrons. The third-order valence-corrected chi connectivity index (χ3v) is 3.76. The fourth-order valence-corrected chi connectivity index (χ4v) is 2.61. The maximum Gasteiger partial charge on any atom is 0.335 e. The normalized spacial score (nSPS) is 13.4. The van der Waals surface area contributed by atoms with Crippen LogP contribution in [0.3, 0.4) is 0 Å². The molecule has 88 valence electrons. The largest absolute Gasteiger partial charge is 0.478 e. The maximum absolute atomic E-state index is 12.6. The Morgan fingerprint density at radius 3 is 2.62 bits per heavy atom. The lowest BCUT2D eigenvalue weighted by atomic mass is 10.2. The van der Waals surface area contributed by atoms with Crippen LogP contribution in [0, 0.1) is 0 Å². The van der Waals surface area contributed by atoms with E-state index in [4.69, 9.17) is 5.11 Å². The first-order chi connectivity index (χ1) is 7.33. The zero-order valence-corrected chi connectivity index (χ0v) is 9.37. The van der Waals surface area contributed by atoms with Crippen LogP contribution < -0.4 is 0 Å². The molecule has 1 atom stereocenters. The van der Waals surface area contributed by atoms with Crippen molar-refractivity contribution in [3.8, 4) is 0 Å². The lowest BCUT2D eigenvalue weighted by Crippen LogP contribution is -2.15. The molecule has 0 fully saturated rings. The smallest absolute Gasteiger partial charge is 0.335 e. The van der Waals surface area contributed by atoms with Crippen LogP contribution >= 0.6 is 0 Å². The number of rotatable bonds is 4. The lowest BCUT2D eigenvalue weighted by molar-refractivity contribution is 0.0696. The molecule has 1 unspecified atom stereocenters. The molecule has 0 bridgehead atoms. The van der Waals surface area contributed by atoms with E-state index in [0.717, 1.165) is 13.0 Å². The van der Waals surface area contributed by atoms with Gasteiger partial charge in [0.25, 0.3) is 0 Å². The Morgan fingerprint density at radius 2 is 2.12 bits per heavy atom. The molecule has 0 aliphatic carbocycles. The van der Waals surface area contributed by atoms with Gasteiger partial charge in [-0.3, -0.25) is 0 Å². The molecule has 0 saturated heterocycles. The molecule has 0 spiro atoms. The van der Waals surface area contributed by atoms with Gasteiger partial charge in [0.05, 0.1) is 16.2 Å². The number of alkyl halides is 1. The van der Waals surface area contributed by atoms with Gasteiger partial charge in [0.1, 0.15) is 6.17 Å². The van der Waals surface area contributed by atoms with Crippen LogP contribution in [0.25, 0.3) is 0 Å². The van der Waals surface area contributed by atoms with Crippen molar-refractivity contribution < 1.29 is 22.7 Å². The molecule has 6 heteroatoms. The van der Waals surface area contributed by atoms with Crippen LogP contribution in [0.15, 0.2) is 29.2 Å². The standard InChI is InChI=1S/C10H11FO4S/c1-7(11)6-16(14,15)9-4-2-3-8(5-9)10(12)13/h2-5,7H,6H2,1H3,(H,12,13). The lowest BCUT2D eigenvalue weighted by Gasteiger charge is -2.05. The summed E-state index contributed by atoms with van der Waals surface area (Å²) in [6.45, 7) is 1.14. The topological polar surface area (TPSA) is 71.4 Å². The molecule has 1 N–H and O–H groups in total. The summed E-state index contributed by atoms with van der Waals surface area (Å²) in [6.07, 6.45) is -1.49. The van der Waals surface area contributed by atoms with E-state index in [1.165, 1.54) is 18.2 Å². The molecule has 0 saturated carbocycles. The SMILES string of the molecule is CC(F)CS(=O)(=O)c1cccc(C(=O)O)c1. The second-order valence-electron chi connectivity index (χ2n) is 3.40. The van der Waals surface area contributed by atoms with E-state index in [1.807, 2.05) is 0 Å². The Kier molecular flexibility index (Phi) is 3.64. The summed E-state index contributed by atoms with van der Waals surface area (Å²) < 4.78 is 35.8. The van der Waals surface area contributed by atoms with Gasteiger partial charge < -0.3 is 5.11 Å². The van der Waals surface area contributed by atoms with Crippen molar-refractivity contribution in [3.05, 3.63) is 29.8 Å². The summed E-state index contributed by atoms with van der Waals surface area (Å²) in [5.74, 6) is -1.86. The Hall–Kier alpha value is -1.43. The highest BCUT2D eigenvalue weighted by molar-refractivity contribution is 7.91. The van der Waals surface area contributed by atoms with Crippen LogP contribution in [0.5, 0.6) is 0 Å². The first-order valence-corrected chi connectivity index (χ1v) is 6.18. The fraction of sp³-hybridized carbons (Fsp3) is 0.300. The minimum absolute atomic E-state index is 0.132. The summed E-state index contributed by atoms with van der Waals surface area (Å²) in [5, 5.41) is 8.69. The molecule has 0 amide bonds. The van der Waals surface area contributed by atoms with Gasteiger partial charge in [0.2, 0.25) is 0 Å². The van der Waals surface area contributed by atoms with Crippen LogP contribution in [-0.2, 0) is 9.84 Å². The van der Waals surface area contributed by atoms with Crippen LogP contribution in [0.1, 0.15) is 17.3 Å². The number of hydrogen-bond acceptors (Lipinski definition) is 3. The predicted molar refractivity (Wildman–Crippen MR) is 56.0 cm³/mol. The number of carboxylic acids is 1. The zero-order chi connectivity index (χ0) is 12.3. The van der Waals surface area contributed by atoms with Gasteiger partial charge in [-0.2, -0.15) is 0 Å². The van der Waals surface area contributed by atoms with Gasteiger partial charge in [0.15, 0.2) is 9.84 Å². The molecule has 0 aliphatic heterocycles. The molecule has 0 aromatic heterocycles. The van der Waals surface area contributed by atoms with Crippen molar-refractivity contribution in [2.24, 2.45) is 0 Å². The second kappa shape index (κ2) is 4.61. The number of carbonyl (C=O) groups is 1. The molecule has 4 nitrogen and oxygen atoms in total. The van der Waals surface area contributed by atoms with Gasteiger partial charge in [0, 0.05) is 0 Å². The highest BCUT2D eigenvalue weighted by Crippen LogP contribution is 2.15. The van der Waals surface area contributed by atoms with Crippen LogP contribution in [0.4, 0.5) is 4.39 Å². The van der Waals surface area contributed by atoms with Gasteiger partial charge in [-0.05, 0) is 25.1 Å². The van der Waals surface area contributed by atoms with E-state index in [-0.39, 0.29) is 10.5 Å². The highest BCUT2D eigenvalue weighted by Gasteiger charge is 2.19. The molecule has 0 heterocycles. The Balaban J connectivity index is 3.14. The van der Waals surface area contributed by atoms with Crippen molar-refractivity contribution >= 4 is 15.8 Å². The maximum atomic E-state index is 12.6. The first kappa shape index (κ1) is 12.6. The third-order valence-electron chi connectivity index (χ3n) is 1.89. The van der Waals surface area contributed by atoms with Crippen molar-refractivity contribution in [2.45, 2.75) is 18.0 Å². The Labute approximate surface area is 92.6 Å². The second-order valence-corrected chi connectivity index (χ2v) is 5.43. The summed E-state index contributed by atoms with van der Waals surface area (Å²) >= 11 is 0. The molecule has 1 rings (SSSR count). The Bertz CT molecular complexity index is 493. The van der Waals surface area contributed by atoms with E-state index in [1.54, 1.807) is 0 Å². The predicted octanol–water partition coefficient (Wildman–Crippen LogP) is 1.52. The van der Waals surface area contributed by atoms with Crippen LogP contribution in [0.2, 0.25) is 0 Å². The fourth-order valence-electron chi connectivity index (χ4n) is 1.22. The van der Waals surface area contributed by atoms with E-state index >= 15 is 0 Å². The third kappa shape index (κ3) is 3.03. The minimum atomic E-state index is -3.75. The monoisotopic (exact) mass is 246 g/mol. The van der Waals surface area contributed by atoms with Gasteiger partial charge in [-0.15, -0.1) is 0 Å². The number of aromatic carboxylic acids is 1. The number of hydrogen-bond donors (Lipinski definition) is 1. The van der Waals surface area contributed by atoms with Crippen molar-refractivity contribution in [1.82, 2.24) is 0 Å². The highest BCUT2D eigenvalue weighted by atomic mass is 32.2. The summed E-state index contributed by atoms with van der Waals surface area (Å²) in [7, 11) is -3.75. The van der Waals surface area contributed by atoms with E-state index < -0.39 is 27.7 Å².